The monoisotopic (exact) mass is 314 g/mol. The third-order valence-corrected chi connectivity index (χ3v) is 5.28. The summed E-state index contributed by atoms with van der Waals surface area (Å²) in [5, 5.41) is 10.8. The molecule has 0 atom stereocenters. The maximum atomic E-state index is 11.5. The van der Waals surface area contributed by atoms with Gasteiger partial charge in [-0.15, -0.1) is 0 Å². The van der Waals surface area contributed by atoms with E-state index in [-0.39, 0.29) is 5.41 Å². The van der Waals surface area contributed by atoms with Gasteiger partial charge in [0.1, 0.15) is 0 Å². The highest BCUT2D eigenvalue weighted by atomic mass is 32.2. The summed E-state index contributed by atoms with van der Waals surface area (Å²) in [6, 6.07) is 0.366. The van der Waals surface area contributed by atoms with E-state index in [2.05, 4.69) is 36.3 Å². The lowest BCUT2D eigenvalue weighted by Crippen LogP contribution is -2.44. The van der Waals surface area contributed by atoms with E-state index >= 15 is 0 Å². The van der Waals surface area contributed by atoms with Crippen LogP contribution in [0.5, 0.6) is 0 Å². The van der Waals surface area contributed by atoms with Crippen molar-refractivity contribution in [1.29, 1.82) is 0 Å². The Labute approximate surface area is 127 Å². The Balaban J connectivity index is 1.87. The molecule has 21 heavy (non-hydrogen) atoms. The fraction of sp³-hybridized carbons (Fsp3) is 0.786. The number of aromatic amines is 1. The zero-order valence-corrected chi connectivity index (χ0v) is 14.1. The Bertz CT molecular complexity index is 566. The lowest BCUT2D eigenvalue weighted by Gasteiger charge is -2.31. The standard InChI is InChI=1S/C14H26N4O2S/c1-14(2,3)13-11(10-16-17-13)9-15-12-5-7-18(8-6-12)21(4,19)20/h10,12,15H,5-9H2,1-4H3,(H,16,17). The van der Waals surface area contributed by atoms with Gasteiger partial charge < -0.3 is 5.32 Å². The zero-order valence-electron chi connectivity index (χ0n) is 13.3. The van der Waals surface area contributed by atoms with Crippen LogP contribution in [0.4, 0.5) is 0 Å². The second kappa shape index (κ2) is 6.06. The average Bonchev–Trinajstić information content (AvgIpc) is 2.84. The fourth-order valence-electron chi connectivity index (χ4n) is 2.74. The number of rotatable bonds is 4. The van der Waals surface area contributed by atoms with Crippen LogP contribution in [0.25, 0.3) is 0 Å². The van der Waals surface area contributed by atoms with Crippen LogP contribution in [-0.4, -0.2) is 48.3 Å². The topological polar surface area (TPSA) is 78.1 Å². The van der Waals surface area contributed by atoms with Gasteiger partial charge in [-0.1, -0.05) is 20.8 Å². The molecule has 120 valence electrons. The molecule has 0 spiro atoms. The summed E-state index contributed by atoms with van der Waals surface area (Å²) >= 11 is 0. The molecule has 1 aromatic heterocycles. The number of H-pyrrole nitrogens is 1. The minimum absolute atomic E-state index is 0.0488. The first-order chi connectivity index (χ1) is 9.68. The van der Waals surface area contributed by atoms with Crippen molar-refractivity contribution in [1.82, 2.24) is 19.8 Å². The van der Waals surface area contributed by atoms with E-state index in [9.17, 15) is 8.42 Å². The van der Waals surface area contributed by atoms with Crippen LogP contribution in [0.3, 0.4) is 0 Å². The number of hydrogen-bond donors (Lipinski definition) is 2. The molecule has 2 heterocycles. The van der Waals surface area contributed by atoms with Crippen molar-refractivity contribution in [2.75, 3.05) is 19.3 Å². The number of hydrogen-bond acceptors (Lipinski definition) is 4. The Morgan fingerprint density at radius 2 is 2.00 bits per heavy atom. The molecule has 0 aliphatic carbocycles. The van der Waals surface area contributed by atoms with Crippen molar-refractivity contribution in [2.24, 2.45) is 0 Å². The molecular formula is C14H26N4O2S. The second-order valence-electron chi connectivity index (χ2n) is 6.84. The summed E-state index contributed by atoms with van der Waals surface area (Å²) in [6.45, 7) is 8.46. The van der Waals surface area contributed by atoms with Crippen molar-refractivity contribution in [2.45, 2.75) is 51.6 Å². The number of piperidine rings is 1. The van der Waals surface area contributed by atoms with E-state index in [1.807, 2.05) is 6.20 Å². The Morgan fingerprint density at radius 1 is 1.38 bits per heavy atom. The lowest BCUT2D eigenvalue weighted by atomic mass is 9.89. The third-order valence-electron chi connectivity index (χ3n) is 3.97. The number of nitrogens with one attached hydrogen (secondary N) is 2. The van der Waals surface area contributed by atoms with Crippen molar-refractivity contribution < 1.29 is 8.42 Å². The van der Waals surface area contributed by atoms with Gasteiger partial charge in [0.15, 0.2) is 0 Å². The molecule has 1 aliphatic heterocycles. The molecule has 2 N–H and O–H groups in total. The van der Waals surface area contributed by atoms with Gasteiger partial charge in [0.2, 0.25) is 10.0 Å². The van der Waals surface area contributed by atoms with Crippen molar-refractivity contribution in [3.05, 3.63) is 17.5 Å². The minimum atomic E-state index is -3.04. The molecule has 1 aliphatic rings. The molecule has 0 bridgehead atoms. The first-order valence-electron chi connectivity index (χ1n) is 7.39. The highest BCUT2D eigenvalue weighted by Crippen LogP contribution is 2.23. The maximum absolute atomic E-state index is 11.5. The molecule has 1 aromatic rings. The van der Waals surface area contributed by atoms with Crippen LogP contribution in [0, 0.1) is 0 Å². The smallest absolute Gasteiger partial charge is 0.211 e. The van der Waals surface area contributed by atoms with E-state index in [0.29, 0.717) is 19.1 Å². The Hall–Kier alpha value is -0.920. The van der Waals surface area contributed by atoms with Gasteiger partial charge >= 0.3 is 0 Å². The van der Waals surface area contributed by atoms with Gasteiger partial charge in [0.25, 0.3) is 0 Å². The van der Waals surface area contributed by atoms with Crippen LogP contribution in [0.1, 0.15) is 44.9 Å². The predicted octanol–water partition coefficient (Wildman–Crippen LogP) is 1.22. The number of nitrogens with zero attached hydrogens (tertiary/aromatic N) is 2. The molecule has 2 rings (SSSR count). The van der Waals surface area contributed by atoms with Crippen molar-refractivity contribution >= 4 is 10.0 Å². The molecule has 0 radical (unpaired) electrons. The first-order valence-corrected chi connectivity index (χ1v) is 9.24. The van der Waals surface area contributed by atoms with E-state index in [0.717, 1.165) is 25.1 Å². The summed E-state index contributed by atoms with van der Waals surface area (Å²) in [7, 11) is -3.04. The third kappa shape index (κ3) is 4.28. The maximum Gasteiger partial charge on any atom is 0.211 e. The summed E-state index contributed by atoms with van der Waals surface area (Å²) in [5.74, 6) is 0. The van der Waals surface area contributed by atoms with E-state index in [1.54, 1.807) is 4.31 Å². The molecule has 1 fully saturated rings. The van der Waals surface area contributed by atoms with Crippen LogP contribution in [0.2, 0.25) is 0 Å². The molecule has 6 nitrogen and oxygen atoms in total. The molecule has 0 saturated carbocycles. The zero-order chi connectivity index (χ0) is 15.7. The number of aromatic nitrogens is 2. The van der Waals surface area contributed by atoms with Gasteiger partial charge in [0.05, 0.1) is 12.5 Å². The van der Waals surface area contributed by atoms with Crippen LogP contribution in [-0.2, 0) is 22.0 Å². The van der Waals surface area contributed by atoms with Crippen LogP contribution >= 0.6 is 0 Å². The summed E-state index contributed by atoms with van der Waals surface area (Å²) < 4.78 is 24.5. The molecule has 0 unspecified atom stereocenters. The second-order valence-corrected chi connectivity index (χ2v) is 8.82. The van der Waals surface area contributed by atoms with Crippen molar-refractivity contribution in [3.8, 4) is 0 Å². The molecule has 1 saturated heterocycles. The molecule has 0 amide bonds. The normalized spacial score (nSPS) is 19.0. The van der Waals surface area contributed by atoms with Crippen molar-refractivity contribution in [3.63, 3.8) is 0 Å². The van der Waals surface area contributed by atoms with Gasteiger partial charge in [-0.2, -0.15) is 5.10 Å². The number of sulfonamides is 1. The Kier molecular flexibility index (Phi) is 4.75. The first kappa shape index (κ1) is 16.5. The van der Waals surface area contributed by atoms with Crippen LogP contribution in [0.15, 0.2) is 6.20 Å². The molecular weight excluding hydrogens is 288 g/mol. The van der Waals surface area contributed by atoms with E-state index < -0.39 is 10.0 Å². The SMILES string of the molecule is CC(C)(C)c1[nH]ncc1CNC1CCN(S(C)(=O)=O)CC1. The highest BCUT2D eigenvalue weighted by molar-refractivity contribution is 7.88. The summed E-state index contributed by atoms with van der Waals surface area (Å²) in [5.41, 5.74) is 2.39. The predicted molar refractivity (Wildman–Crippen MR) is 83.6 cm³/mol. The highest BCUT2D eigenvalue weighted by Gasteiger charge is 2.25. The summed E-state index contributed by atoms with van der Waals surface area (Å²) in [4.78, 5) is 0. The largest absolute Gasteiger partial charge is 0.310 e. The minimum Gasteiger partial charge on any atom is -0.310 e. The lowest BCUT2D eigenvalue weighted by molar-refractivity contribution is 0.289. The van der Waals surface area contributed by atoms with Gasteiger partial charge in [-0.3, -0.25) is 5.10 Å². The van der Waals surface area contributed by atoms with Gasteiger partial charge in [-0.05, 0) is 12.8 Å². The van der Waals surface area contributed by atoms with Gasteiger partial charge in [0, 0.05) is 42.3 Å². The van der Waals surface area contributed by atoms with E-state index in [1.165, 1.54) is 11.8 Å². The quantitative estimate of drug-likeness (QED) is 0.876. The fourth-order valence-corrected chi connectivity index (χ4v) is 3.61. The molecule has 0 aromatic carbocycles. The Morgan fingerprint density at radius 3 is 2.52 bits per heavy atom. The summed E-state index contributed by atoms with van der Waals surface area (Å²) in [6.07, 6.45) is 4.87. The van der Waals surface area contributed by atoms with Crippen LogP contribution < -0.4 is 5.32 Å². The molecule has 7 heteroatoms. The van der Waals surface area contributed by atoms with E-state index in [4.69, 9.17) is 0 Å². The average molecular weight is 314 g/mol. The van der Waals surface area contributed by atoms with Gasteiger partial charge in [-0.25, -0.2) is 12.7 Å².